The van der Waals surface area contributed by atoms with Crippen LogP contribution in [0.4, 0.5) is 0 Å². The summed E-state index contributed by atoms with van der Waals surface area (Å²) in [6.07, 6.45) is 0. The van der Waals surface area contributed by atoms with E-state index in [2.05, 4.69) is 10.2 Å². The highest BCUT2D eigenvalue weighted by Gasteiger charge is 2.16. The van der Waals surface area contributed by atoms with Crippen molar-refractivity contribution in [3.8, 4) is 0 Å². The van der Waals surface area contributed by atoms with Crippen LogP contribution in [0.3, 0.4) is 0 Å². The Balaban J connectivity index is 2.08. The van der Waals surface area contributed by atoms with Crippen molar-refractivity contribution >= 4 is 29.1 Å². The topological polar surface area (TPSA) is 32.3 Å². The van der Waals surface area contributed by atoms with E-state index in [4.69, 9.17) is 23.2 Å². The van der Waals surface area contributed by atoms with Crippen molar-refractivity contribution in [2.75, 3.05) is 20.6 Å². The maximum Gasteiger partial charge on any atom is 0.252 e. The van der Waals surface area contributed by atoms with Gasteiger partial charge >= 0.3 is 0 Å². The highest BCUT2D eigenvalue weighted by molar-refractivity contribution is 6.36. The summed E-state index contributed by atoms with van der Waals surface area (Å²) in [6, 6.07) is 15.0. The molecule has 1 amide bonds. The number of benzene rings is 2. The van der Waals surface area contributed by atoms with Crippen molar-refractivity contribution < 1.29 is 4.79 Å². The van der Waals surface area contributed by atoms with Gasteiger partial charge in [-0.25, -0.2) is 0 Å². The largest absolute Gasteiger partial charge is 0.350 e. The van der Waals surface area contributed by atoms with E-state index >= 15 is 0 Å². The fourth-order valence-corrected chi connectivity index (χ4v) is 2.73. The third kappa shape index (κ3) is 4.23. The molecule has 0 aliphatic rings. The Kier molecular flexibility index (Phi) is 5.83. The lowest BCUT2D eigenvalue weighted by molar-refractivity contribution is 0.0942. The van der Waals surface area contributed by atoms with Gasteiger partial charge in [-0.1, -0.05) is 53.5 Å². The first-order valence-electron chi connectivity index (χ1n) is 6.93. The van der Waals surface area contributed by atoms with Gasteiger partial charge in [0.2, 0.25) is 0 Å². The fraction of sp³-hybridized carbons (Fsp3) is 0.235. The van der Waals surface area contributed by atoms with Crippen LogP contribution in [-0.2, 0) is 0 Å². The van der Waals surface area contributed by atoms with Gasteiger partial charge in [0, 0.05) is 11.6 Å². The van der Waals surface area contributed by atoms with Gasteiger partial charge in [0.05, 0.1) is 16.6 Å². The Morgan fingerprint density at radius 2 is 1.82 bits per heavy atom. The van der Waals surface area contributed by atoms with Gasteiger partial charge in [-0.3, -0.25) is 4.79 Å². The molecule has 0 radical (unpaired) electrons. The zero-order valence-electron chi connectivity index (χ0n) is 12.5. The summed E-state index contributed by atoms with van der Waals surface area (Å²) < 4.78 is 0. The van der Waals surface area contributed by atoms with E-state index < -0.39 is 0 Å². The summed E-state index contributed by atoms with van der Waals surface area (Å²) in [6.45, 7) is 0.495. The Hall–Kier alpha value is -1.55. The fourth-order valence-electron chi connectivity index (χ4n) is 2.23. The van der Waals surface area contributed by atoms with Crippen molar-refractivity contribution in [3.05, 3.63) is 69.7 Å². The number of likely N-dealkylation sites (N-methyl/N-ethyl adjacent to an activating group) is 1. The second-order valence-electron chi connectivity index (χ2n) is 5.22. The number of amides is 1. The first-order valence-corrected chi connectivity index (χ1v) is 7.69. The molecule has 2 aromatic carbocycles. The minimum atomic E-state index is -0.204. The van der Waals surface area contributed by atoms with Gasteiger partial charge in [0.1, 0.15) is 0 Å². The van der Waals surface area contributed by atoms with E-state index in [0.717, 1.165) is 5.56 Å². The van der Waals surface area contributed by atoms with Crippen molar-refractivity contribution in [1.82, 2.24) is 10.2 Å². The highest BCUT2D eigenvalue weighted by atomic mass is 35.5. The molecule has 1 N–H and O–H groups in total. The zero-order chi connectivity index (χ0) is 16.1. The highest BCUT2D eigenvalue weighted by Crippen LogP contribution is 2.21. The van der Waals surface area contributed by atoms with E-state index in [9.17, 15) is 4.79 Å². The van der Waals surface area contributed by atoms with Crippen LogP contribution < -0.4 is 5.32 Å². The van der Waals surface area contributed by atoms with Crippen LogP contribution in [0.1, 0.15) is 22.0 Å². The average Bonchev–Trinajstić information content (AvgIpc) is 2.48. The van der Waals surface area contributed by atoms with E-state index in [-0.39, 0.29) is 11.9 Å². The Morgan fingerprint density at radius 1 is 1.14 bits per heavy atom. The normalized spacial score (nSPS) is 12.2. The smallest absolute Gasteiger partial charge is 0.252 e. The molecular formula is C17H18Cl2N2O. The van der Waals surface area contributed by atoms with E-state index in [1.165, 1.54) is 0 Å². The summed E-state index contributed by atoms with van der Waals surface area (Å²) >= 11 is 11.9. The van der Waals surface area contributed by atoms with Gasteiger partial charge in [0.25, 0.3) is 5.91 Å². The molecule has 0 spiro atoms. The third-order valence-corrected chi connectivity index (χ3v) is 3.99. The number of hydrogen-bond donors (Lipinski definition) is 1. The minimum absolute atomic E-state index is 0.0937. The lowest BCUT2D eigenvalue weighted by Crippen LogP contribution is -2.34. The number of rotatable bonds is 5. The van der Waals surface area contributed by atoms with Gasteiger partial charge in [-0.15, -0.1) is 0 Å². The Bertz CT molecular complexity index is 644. The summed E-state index contributed by atoms with van der Waals surface area (Å²) in [7, 11) is 3.97. The predicted molar refractivity (Wildman–Crippen MR) is 91.7 cm³/mol. The minimum Gasteiger partial charge on any atom is -0.350 e. The van der Waals surface area contributed by atoms with Crippen LogP contribution in [0.15, 0.2) is 48.5 Å². The molecule has 0 unspecified atom stereocenters. The Morgan fingerprint density at radius 3 is 2.41 bits per heavy atom. The summed E-state index contributed by atoms with van der Waals surface area (Å²) in [5.41, 5.74) is 1.58. The first-order chi connectivity index (χ1) is 10.5. The molecule has 1 atom stereocenters. The van der Waals surface area contributed by atoms with Gasteiger partial charge in [-0.05, 0) is 37.9 Å². The Labute approximate surface area is 140 Å². The monoisotopic (exact) mass is 336 g/mol. The van der Waals surface area contributed by atoms with Crippen LogP contribution in [0.25, 0.3) is 0 Å². The average molecular weight is 337 g/mol. The van der Waals surface area contributed by atoms with Gasteiger partial charge in [-0.2, -0.15) is 0 Å². The molecule has 0 bridgehead atoms. The van der Waals surface area contributed by atoms with Crippen molar-refractivity contribution in [2.45, 2.75) is 6.04 Å². The lowest BCUT2D eigenvalue weighted by atomic mass is 10.1. The SMILES string of the molecule is CN(C)[C@H](CNC(=O)c1ccc(Cl)cc1Cl)c1ccccc1. The maximum atomic E-state index is 12.3. The van der Waals surface area contributed by atoms with Crippen molar-refractivity contribution in [3.63, 3.8) is 0 Å². The van der Waals surface area contributed by atoms with E-state index in [1.54, 1.807) is 18.2 Å². The number of carbonyl (C=O) groups is 1. The molecule has 22 heavy (non-hydrogen) atoms. The predicted octanol–water partition coefficient (Wildman–Crippen LogP) is 4.03. The van der Waals surface area contributed by atoms with Crippen LogP contribution >= 0.6 is 23.2 Å². The summed E-state index contributed by atoms with van der Waals surface area (Å²) in [5, 5.41) is 3.80. The maximum absolute atomic E-state index is 12.3. The number of halogens is 2. The molecule has 0 aromatic heterocycles. The second-order valence-corrected chi connectivity index (χ2v) is 6.07. The molecule has 116 valence electrons. The van der Waals surface area contributed by atoms with Crippen LogP contribution in [0.5, 0.6) is 0 Å². The van der Waals surface area contributed by atoms with E-state index in [0.29, 0.717) is 22.2 Å². The molecule has 5 heteroatoms. The quantitative estimate of drug-likeness (QED) is 0.894. The molecule has 3 nitrogen and oxygen atoms in total. The summed E-state index contributed by atoms with van der Waals surface area (Å²) in [4.78, 5) is 14.3. The first kappa shape index (κ1) is 16.8. The number of hydrogen-bond acceptors (Lipinski definition) is 2. The molecule has 0 saturated heterocycles. The third-order valence-electron chi connectivity index (χ3n) is 3.44. The van der Waals surface area contributed by atoms with E-state index in [1.807, 2.05) is 44.4 Å². The van der Waals surface area contributed by atoms with Crippen LogP contribution in [-0.4, -0.2) is 31.4 Å². The molecule has 0 aliphatic carbocycles. The zero-order valence-corrected chi connectivity index (χ0v) is 14.0. The number of carbonyl (C=O) groups excluding carboxylic acids is 1. The summed E-state index contributed by atoms with van der Waals surface area (Å²) in [5.74, 6) is -0.204. The van der Waals surface area contributed by atoms with Crippen LogP contribution in [0, 0.1) is 0 Å². The molecule has 0 fully saturated rings. The molecular weight excluding hydrogens is 319 g/mol. The molecule has 2 aromatic rings. The standard InChI is InChI=1S/C17H18Cl2N2O/c1-21(2)16(12-6-4-3-5-7-12)11-20-17(22)14-9-8-13(18)10-15(14)19/h3-10,16H,11H2,1-2H3,(H,20,22)/t16-/m1/s1. The van der Waals surface area contributed by atoms with Gasteiger partial charge < -0.3 is 10.2 Å². The van der Waals surface area contributed by atoms with Crippen molar-refractivity contribution in [1.29, 1.82) is 0 Å². The molecule has 0 heterocycles. The van der Waals surface area contributed by atoms with Crippen molar-refractivity contribution in [2.24, 2.45) is 0 Å². The second kappa shape index (κ2) is 7.63. The molecule has 0 aliphatic heterocycles. The van der Waals surface area contributed by atoms with Crippen LogP contribution in [0.2, 0.25) is 10.0 Å². The number of nitrogens with one attached hydrogen (secondary N) is 1. The number of nitrogens with zero attached hydrogens (tertiary/aromatic N) is 1. The molecule has 0 saturated carbocycles. The lowest BCUT2D eigenvalue weighted by Gasteiger charge is -2.25. The van der Waals surface area contributed by atoms with Gasteiger partial charge in [0.15, 0.2) is 0 Å². The molecule has 2 rings (SSSR count).